The number of piperidine rings is 1. The summed E-state index contributed by atoms with van der Waals surface area (Å²) in [5.74, 6) is 0.408. The molecule has 2 aliphatic rings. The highest BCUT2D eigenvalue weighted by Crippen LogP contribution is 2.33. The van der Waals surface area contributed by atoms with Gasteiger partial charge in [0.1, 0.15) is 12.4 Å². The SMILES string of the molecule is COCC(=O)N1CC[C@@H]2OCc3cccc(c3)Oc3cc(ccc3OC)C(=O)N(CCCO)CC(=O)N[C@H]2C1. The first-order chi connectivity index (χ1) is 18.9. The number of likely N-dealkylation sites (tertiary alicyclic amines) is 1. The first-order valence-electron chi connectivity index (χ1n) is 12.9. The number of aliphatic hydroxyl groups is 1. The number of carbonyl (C=O) groups is 3. The molecular weight excluding hydrogens is 506 g/mol. The second kappa shape index (κ2) is 13.4. The van der Waals surface area contributed by atoms with Crippen LogP contribution in [0.2, 0.25) is 0 Å². The third-order valence-corrected chi connectivity index (χ3v) is 6.73. The van der Waals surface area contributed by atoms with Crippen LogP contribution < -0.4 is 14.8 Å². The van der Waals surface area contributed by atoms with Crippen molar-refractivity contribution in [1.82, 2.24) is 15.1 Å². The summed E-state index contributed by atoms with van der Waals surface area (Å²) >= 11 is 0. The van der Waals surface area contributed by atoms with Crippen molar-refractivity contribution in [2.24, 2.45) is 0 Å². The largest absolute Gasteiger partial charge is 0.493 e. The quantitative estimate of drug-likeness (QED) is 0.565. The lowest BCUT2D eigenvalue weighted by molar-refractivity contribution is -0.140. The van der Waals surface area contributed by atoms with E-state index in [2.05, 4.69) is 5.32 Å². The monoisotopic (exact) mass is 541 g/mol. The van der Waals surface area contributed by atoms with Crippen LogP contribution in [0.5, 0.6) is 17.2 Å². The second-order valence-electron chi connectivity index (χ2n) is 9.50. The maximum absolute atomic E-state index is 13.5. The van der Waals surface area contributed by atoms with Gasteiger partial charge in [-0.15, -0.1) is 0 Å². The summed E-state index contributed by atoms with van der Waals surface area (Å²) in [4.78, 5) is 42.3. The molecule has 0 spiro atoms. The van der Waals surface area contributed by atoms with E-state index in [4.69, 9.17) is 18.9 Å². The molecule has 2 heterocycles. The van der Waals surface area contributed by atoms with Crippen LogP contribution in [-0.4, -0.2) is 98.4 Å². The summed E-state index contributed by atoms with van der Waals surface area (Å²) in [7, 11) is 2.98. The molecular formula is C28H35N3O8. The van der Waals surface area contributed by atoms with E-state index in [0.29, 0.717) is 42.2 Å². The van der Waals surface area contributed by atoms with Gasteiger partial charge in [0.2, 0.25) is 11.8 Å². The van der Waals surface area contributed by atoms with Crippen molar-refractivity contribution in [3.05, 3.63) is 53.6 Å². The minimum absolute atomic E-state index is 0.0493. The van der Waals surface area contributed by atoms with Crippen LogP contribution in [0.1, 0.15) is 28.8 Å². The molecule has 2 aromatic carbocycles. The van der Waals surface area contributed by atoms with Crippen molar-refractivity contribution in [1.29, 1.82) is 0 Å². The number of carbonyl (C=O) groups excluding carboxylic acids is 3. The minimum atomic E-state index is -0.484. The lowest BCUT2D eigenvalue weighted by atomic mass is 10.0. The van der Waals surface area contributed by atoms with E-state index in [1.54, 1.807) is 29.2 Å². The average molecular weight is 542 g/mol. The van der Waals surface area contributed by atoms with Crippen LogP contribution in [-0.2, 0) is 25.7 Å². The molecule has 11 nitrogen and oxygen atoms in total. The van der Waals surface area contributed by atoms with Gasteiger partial charge in [-0.05, 0) is 48.7 Å². The molecule has 4 rings (SSSR count). The summed E-state index contributed by atoms with van der Waals surface area (Å²) < 4.78 is 22.8. The Morgan fingerprint density at radius 2 is 2.03 bits per heavy atom. The van der Waals surface area contributed by atoms with E-state index in [1.807, 2.05) is 18.2 Å². The zero-order chi connectivity index (χ0) is 27.8. The number of nitrogens with zero attached hydrogens (tertiary/aromatic N) is 2. The number of fused-ring (bicyclic) bond motifs is 5. The van der Waals surface area contributed by atoms with Crippen LogP contribution in [0, 0.1) is 0 Å². The van der Waals surface area contributed by atoms with Crippen molar-refractivity contribution in [2.75, 3.05) is 53.6 Å². The summed E-state index contributed by atoms with van der Waals surface area (Å²) in [5.41, 5.74) is 1.18. The van der Waals surface area contributed by atoms with Crippen LogP contribution in [0.3, 0.4) is 0 Å². The molecule has 1 saturated heterocycles. The van der Waals surface area contributed by atoms with Gasteiger partial charge in [0.05, 0.1) is 32.4 Å². The Labute approximate surface area is 227 Å². The van der Waals surface area contributed by atoms with E-state index in [9.17, 15) is 19.5 Å². The molecule has 0 saturated carbocycles. The number of rotatable bonds is 6. The van der Waals surface area contributed by atoms with E-state index >= 15 is 0 Å². The van der Waals surface area contributed by atoms with Gasteiger partial charge in [-0.2, -0.15) is 0 Å². The lowest BCUT2D eigenvalue weighted by Crippen LogP contribution is -2.58. The standard InChI is InChI=1S/C28H35N3O8/c1-36-18-27(34)30-11-9-23-22(15-30)29-26(33)16-31(10-4-12-32)28(35)20-7-8-24(37-2)25(14-20)39-21-6-3-5-19(13-21)17-38-23/h3,5-8,13-14,22-23,32H,4,9-12,15-18H2,1-2H3,(H,29,33)/t22-,23-/m0/s1. The fourth-order valence-electron chi connectivity index (χ4n) is 4.75. The molecule has 11 heteroatoms. The Morgan fingerprint density at radius 1 is 1.18 bits per heavy atom. The maximum Gasteiger partial charge on any atom is 0.254 e. The minimum Gasteiger partial charge on any atom is -0.493 e. The average Bonchev–Trinajstić information content (AvgIpc) is 2.94. The zero-order valence-electron chi connectivity index (χ0n) is 22.3. The number of hydrogen-bond donors (Lipinski definition) is 2. The zero-order valence-corrected chi connectivity index (χ0v) is 22.3. The number of nitrogens with one attached hydrogen (secondary N) is 1. The molecule has 0 unspecified atom stereocenters. The summed E-state index contributed by atoms with van der Waals surface area (Å²) in [6.07, 6.45) is 0.470. The van der Waals surface area contributed by atoms with Gasteiger partial charge in [-0.1, -0.05) is 12.1 Å². The van der Waals surface area contributed by atoms with Gasteiger partial charge in [0.25, 0.3) is 5.91 Å². The van der Waals surface area contributed by atoms with E-state index in [1.165, 1.54) is 19.1 Å². The molecule has 2 aromatic rings. The molecule has 39 heavy (non-hydrogen) atoms. The fraction of sp³-hybridized carbons (Fsp3) is 0.464. The van der Waals surface area contributed by atoms with E-state index in [-0.39, 0.29) is 63.3 Å². The molecule has 1 fully saturated rings. The summed E-state index contributed by atoms with van der Waals surface area (Å²) in [5, 5.41) is 12.4. The van der Waals surface area contributed by atoms with Gasteiger partial charge >= 0.3 is 0 Å². The van der Waals surface area contributed by atoms with Crippen molar-refractivity contribution in [3.63, 3.8) is 0 Å². The Balaban J connectivity index is 1.67. The van der Waals surface area contributed by atoms with Gasteiger partial charge in [-0.25, -0.2) is 0 Å². The molecule has 3 amide bonds. The Hall–Kier alpha value is -3.67. The van der Waals surface area contributed by atoms with Crippen molar-refractivity contribution in [2.45, 2.75) is 31.6 Å². The highest BCUT2D eigenvalue weighted by molar-refractivity contribution is 5.97. The first kappa shape index (κ1) is 28.3. The normalized spacial score (nSPS) is 20.1. The molecule has 4 bridgehead atoms. The molecule has 2 atom stereocenters. The molecule has 2 aliphatic heterocycles. The van der Waals surface area contributed by atoms with Crippen LogP contribution in [0.15, 0.2) is 42.5 Å². The van der Waals surface area contributed by atoms with Crippen molar-refractivity contribution in [3.8, 4) is 17.2 Å². The van der Waals surface area contributed by atoms with E-state index < -0.39 is 6.04 Å². The highest BCUT2D eigenvalue weighted by atomic mass is 16.5. The van der Waals surface area contributed by atoms with Gasteiger partial charge in [-0.3, -0.25) is 14.4 Å². The molecule has 0 aliphatic carbocycles. The topological polar surface area (TPSA) is 127 Å². The lowest BCUT2D eigenvalue weighted by Gasteiger charge is -2.39. The number of benzene rings is 2. The highest BCUT2D eigenvalue weighted by Gasteiger charge is 2.34. The molecule has 0 radical (unpaired) electrons. The van der Waals surface area contributed by atoms with Crippen LogP contribution in [0.4, 0.5) is 0 Å². The van der Waals surface area contributed by atoms with Crippen molar-refractivity contribution < 1.29 is 38.4 Å². The van der Waals surface area contributed by atoms with Crippen molar-refractivity contribution >= 4 is 17.7 Å². The van der Waals surface area contributed by atoms with Gasteiger partial charge < -0.3 is 39.2 Å². The maximum atomic E-state index is 13.5. The summed E-state index contributed by atoms with van der Waals surface area (Å²) in [6, 6.07) is 11.8. The number of methoxy groups -OCH3 is 2. The third kappa shape index (κ3) is 7.25. The van der Waals surface area contributed by atoms with Gasteiger partial charge in [0.15, 0.2) is 11.5 Å². The number of aliphatic hydroxyl groups excluding tert-OH is 1. The third-order valence-electron chi connectivity index (χ3n) is 6.73. The molecule has 0 aromatic heterocycles. The molecule has 2 N–H and O–H groups in total. The smallest absolute Gasteiger partial charge is 0.254 e. The van der Waals surface area contributed by atoms with E-state index in [0.717, 1.165) is 5.56 Å². The van der Waals surface area contributed by atoms with Crippen LogP contribution in [0.25, 0.3) is 0 Å². The predicted octanol–water partition coefficient (Wildman–Crippen LogP) is 1.57. The number of amides is 3. The number of hydrogen-bond acceptors (Lipinski definition) is 8. The van der Waals surface area contributed by atoms with Gasteiger partial charge in [0, 0.05) is 38.9 Å². The molecule has 210 valence electrons. The fourth-order valence-corrected chi connectivity index (χ4v) is 4.75. The summed E-state index contributed by atoms with van der Waals surface area (Å²) in [6.45, 7) is 0.774. The van der Waals surface area contributed by atoms with Crippen LogP contribution >= 0.6 is 0 Å². The Kier molecular flexibility index (Phi) is 9.74. The Bertz CT molecular complexity index is 1170. The number of ether oxygens (including phenoxy) is 4. The first-order valence-corrected chi connectivity index (χ1v) is 12.9. The second-order valence-corrected chi connectivity index (χ2v) is 9.50. The predicted molar refractivity (Wildman–Crippen MR) is 141 cm³/mol. The Morgan fingerprint density at radius 3 is 2.79 bits per heavy atom.